The van der Waals surface area contributed by atoms with E-state index in [4.69, 9.17) is 17.3 Å². The van der Waals surface area contributed by atoms with Gasteiger partial charge in [-0.25, -0.2) is 4.98 Å². The number of carbonyl (C=O) groups is 1. The lowest BCUT2D eigenvalue weighted by atomic mass is 10.2. The largest absolute Gasteiger partial charge is 0.375 e. The number of amides is 1. The molecule has 1 aromatic carbocycles. The number of thiazole rings is 1. The first-order valence-corrected chi connectivity index (χ1v) is 6.64. The van der Waals surface area contributed by atoms with Crippen molar-refractivity contribution in [2.24, 2.45) is 0 Å². The molecule has 94 valence electrons. The Morgan fingerprint density at radius 2 is 2.11 bits per heavy atom. The van der Waals surface area contributed by atoms with Gasteiger partial charge in [0, 0.05) is 22.5 Å². The first kappa shape index (κ1) is 12.9. The van der Waals surface area contributed by atoms with Gasteiger partial charge in [-0.2, -0.15) is 0 Å². The van der Waals surface area contributed by atoms with Gasteiger partial charge in [0.15, 0.2) is 5.13 Å². The zero-order valence-electron chi connectivity index (χ0n) is 9.52. The lowest BCUT2D eigenvalue weighted by molar-refractivity contribution is -0.116. The standard InChI is InChI=1S/C12H12ClN3OS/c13-8-1-3-9(4-2-8)15-11(17)6-5-10-7-18-12(14)16-10/h1-4,7H,5-6H2,(H2,14,16)(H,15,17). The molecule has 1 amide bonds. The Morgan fingerprint density at radius 3 is 2.72 bits per heavy atom. The first-order valence-electron chi connectivity index (χ1n) is 5.39. The van der Waals surface area contributed by atoms with Crippen LogP contribution in [0.1, 0.15) is 12.1 Å². The molecule has 0 radical (unpaired) electrons. The number of anilines is 2. The van der Waals surface area contributed by atoms with E-state index in [1.807, 2.05) is 5.38 Å². The maximum absolute atomic E-state index is 11.7. The summed E-state index contributed by atoms with van der Waals surface area (Å²) >= 11 is 7.14. The number of halogens is 1. The van der Waals surface area contributed by atoms with Crippen molar-refractivity contribution in [3.63, 3.8) is 0 Å². The summed E-state index contributed by atoms with van der Waals surface area (Å²) in [5.41, 5.74) is 7.11. The second-order valence-electron chi connectivity index (χ2n) is 3.73. The number of aromatic nitrogens is 1. The molecule has 18 heavy (non-hydrogen) atoms. The van der Waals surface area contributed by atoms with Crippen molar-refractivity contribution in [1.82, 2.24) is 4.98 Å². The molecule has 0 atom stereocenters. The van der Waals surface area contributed by atoms with Crippen molar-refractivity contribution < 1.29 is 4.79 Å². The van der Waals surface area contributed by atoms with E-state index in [1.54, 1.807) is 24.3 Å². The van der Waals surface area contributed by atoms with Crippen LogP contribution in [0, 0.1) is 0 Å². The lowest BCUT2D eigenvalue weighted by Crippen LogP contribution is -2.12. The van der Waals surface area contributed by atoms with Gasteiger partial charge in [-0.1, -0.05) is 11.6 Å². The molecule has 4 nitrogen and oxygen atoms in total. The summed E-state index contributed by atoms with van der Waals surface area (Å²) in [7, 11) is 0. The minimum Gasteiger partial charge on any atom is -0.375 e. The van der Waals surface area contributed by atoms with E-state index in [-0.39, 0.29) is 5.91 Å². The van der Waals surface area contributed by atoms with E-state index in [2.05, 4.69) is 10.3 Å². The van der Waals surface area contributed by atoms with E-state index in [1.165, 1.54) is 11.3 Å². The predicted octanol–water partition coefficient (Wildman–Crippen LogP) is 2.95. The number of nitrogens with one attached hydrogen (secondary N) is 1. The van der Waals surface area contributed by atoms with Crippen molar-refractivity contribution >= 4 is 39.7 Å². The zero-order chi connectivity index (χ0) is 13.0. The topological polar surface area (TPSA) is 68.0 Å². The van der Waals surface area contributed by atoms with E-state index in [0.29, 0.717) is 23.0 Å². The van der Waals surface area contributed by atoms with Crippen LogP contribution in [0.15, 0.2) is 29.6 Å². The number of aryl methyl sites for hydroxylation is 1. The summed E-state index contributed by atoms with van der Waals surface area (Å²) in [6.45, 7) is 0. The molecule has 0 unspecified atom stereocenters. The molecule has 2 rings (SSSR count). The first-order chi connectivity index (χ1) is 8.63. The average Bonchev–Trinajstić information content (AvgIpc) is 2.76. The summed E-state index contributed by atoms with van der Waals surface area (Å²) in [4.78, 5) is 15.8. The monoisotopic (exact) mass is 281 g/mol. The second kappa shape index (κ2) is 5.84. The predicted molar refractivity (Wildman–Crippen MR) is 74.9 cm³/mol. The molecule has 0 saturated carbocycles. The third kappa shape index (κ3) is 3.72. The minimum atomic E-state index is -0.0520. The SMILES string of the molecule is Nc1nc(CCC(=O)Nc2ccc(Cl)cc2)cs1. The van der Waals surface area contributed by atoms with Gasteiger partial charge in [0.1, 0.15) is 0 Å². The molecule has 0 bridgehead atoms. The number of nitrogens with zero attached hydrogens (tertiary/aromatic N) is 1. The number of nitrogen functional groups attached to an aromatic ring is 1. The van der Waals surface area contributed by atoms with Crippen LogP contribution < -0.4 is 11.1 Å². The van der Waals surface area contributed by atoms with Gasteiger partial charge in [0.05, 0.1) is 5.69 Å². The molecule has 0 spiro atoms. The summed E-state index contributed by atoms with van der Waals surface area (Å²) in [6, 6.07) is 7.00. The molecule has 0 aliphatic carbocycles. The Kier molecular flexibility index (Phi) is 4.17. The molecule has 0 fully saturated rings. The fourth-order valence-corrected chi connectivity index (χ4v) is 2.16. The molecule has 6 heteroatoms. The van der Waals surface area contributed by atoms with Crippen LogP contribution in [-0.4, -0.2) is 10.9 Å². The van der Waals surface area contributed by atoms with E-state index in [0.717, 1.165) is 11.4 Å². The maximum atomic E-state index is 11.7. The van der Waals surface area contributed by atoms with Crippen molar-refractivity contribution in [2.45, 2.75) is 12.8 Å². The van der Waals surface area contributed by atoms with Gasteiger partial charge in [-0.3, -0.25) is 4.79 Å². The highest BCUT2D eigenvalue weighted by molar-refractivity contribution is 7.13. The van der Waals surface area contributed by atoms with E-state index in [9.17, 15) is 4.79 Å². The number of hydrogen-bond donors (Lipinski definition) is 2. The third-order valence-electron chi connectivity index (χ3n) is 2.31. The summed E-state index contributed by atoms with van der Waals surface area (Å²) in [5.74, 6) is -0.0520. The van der Waals surface area contributed by atoms with Crippen LogP contribution in [0.3, 0.4) is 0 Å². The normalized spacial score (nSPS) is 10.3. The van der Waals surface area contributed by atoms with Crippen molar-refractivity contribution in [3.05, 3.63) is 40.4 Å². The number of nitrogens with two attached hydrogens (primary N) is 1. The van der Waals surface area contributed by atoms with Gasteiger partial charge in [-0.05, 0) is 30.7 Å². The summed E-state index contributed by atoms with van der Waals surface area (Å²) in [6.07, 6.45) is 0.971. The highest BCUT2D eigenvalue weighted by Crippen LogP contribution is 2.15. The molecule has 3 N–H and O–H groups in total. The Bertz CT molecular complexity index is 539. The number of hydrogen-bond acceptors (Lipinski definition) is 4. The zero-order valence-corrected chi connectivity index (χ0v) is 11.1. The number of rotatable bonds is 4. The molecular weight excluding hydrogens is 270 g/mol. The highest BCUT2D eigenvalue weighted by atomic mass is 35.5. The van der Waals surface area contributed by atoms with Gasteiger partial charge in [-0.15, -0.1) is 11.3 Å². The smallest absolute Gasteiger partial charge is 0.224 e. The Labute approximate surface area is 114 Å². The van der Waals surface area contributed by atoms with Gasteiger partial charge in [0.25, 0.3) is 0 Å². The minimum absolute atomic E-state index is 0.0520. The van der Waals surface area contributed by atoms with Gasteiger partial charge in [0.2, 0.25) is 5.91 Å². The summed E-state index contributed by atoms with van der Waals surface area (Å²) < 4.78 is 0. The molecule has 2 aromatic rings. The second-order valence-corrected chi connectivity index (χ2v) is 5.06. The lowest BCUT2D eigenvalue weighted by Gasteiger charge is -2.04. The van der Waals surface area contributed by atoms with E-state index >= 15 is 0 Å². The van der Waals surface area contributed by atoms with E-state index < -0.39 is 0 Å². The van der Waals surface area contributed by atoms with Crippen LogP contribution in [0.4, 0.5) is 10.8 Å². The number of benzene rings is 1. The van der Waals surface area contributed by atoms with Crippen molar-refractivity contribution in [2.75, 3.05) is 11.1 Å². The molecule has 1 heterocycles. The van der Waals surface area contributed by atoms with Gasteiger partial charge < -0.3 is 11.1 Å². The highest BCUT2D eigenvalue weighted by Gasteiger charge is 2.05. The molecule has 1 aromatic heterocycles. The maximum Gasteiger partial charge on any atom is 0.224 e. The molecule has 0 saturated heterocycles. The molecule has 0 aliphatic heterocycles. The Balaban J connectivity index is 1.83. The van der Waals surface area contributed by atoms with Crippen molar-refractivity contribution in [3.8, 4) is 0 Å². The van der Waals surface area contributed by atoms with Crippen LogP contribution >= 0.6 is 22.9 Å². The van der Waals surface area contributed by atoms with Crippen LogP contribution in [0.25, 0.3) is 0 Å². The van der Waals surface area contributed by atoms with Crippen LogP contribution in [0.5, 0.6) is 0 Å². The fraction of sp³-hybridized carbons (Fsp3) is 0.167. The average molecular weight is 282 g/mol. The third-order valence-corrected chi connectivity index (χ3v) is 3.28. The number of carbonyl (C=O) groups excluding carboxylic acids is 1. The summed E-state index contributed by atoms with van der Waals surface area (Å²) in [5, 5.41) is 5.83. The van der Waals surface area contributed by atoms with Gasteiger partial charge >= 0.3 is 0 Å². The van der Waals surface area contributed by atoms with Crippen molar-refractivity contribution in [1.29, 1.82) is 0 Å². The molecule has 0 aliphatic rings. The quantitative estimate of drug-likeness (QED) is 0.905. The fourth-order valence-electron chi connectivity index (χ4n) is 1.44. The Hall–Kier alpha value is -1.59. The Morgan fingerprint density at radius 1 is 1.39 bits per heavy atom. The van der Waals surface area contributed by atoms with Crippen LogP contribution in [-0.2, 0) is 11.2 Å². The molecular formula is C12H12ClN3OS. The van der Waals surface area contributed by atoms with Crippen LogP contribution in [0.2, 0.25) is 5.02 Å².